The highest BCUT2D eigenvalue weighted by Gasteiger charge is 2.35. The fourth-order valence-electron chi connectivity index (χ4n) is 2.73. The molecule has 2 N–H and O–H groups in total. The standard InChI is InChI=1S/C11H21N3O2/c1-13-4-2-3-9(7-13)10-8-14(5-6-15)11(16)12-10/h9-10,15H,2-8H2,1H3,(H,12,16). The van der Waals surface area contributed by atoms with Crippen molar-refractivity contribution in [3.05, 3.63) is 0 Å². The zero-order valence-corrected chi connectivity index (χ0v) is 9.85. The van der Waals surface area contributed by atoms with Crippen LogP contribution in [-0.2, 0) is 0 Å². The number of aliphatic hydroxyl groups excluding tert-OH is 1. The Labute approximate surface area is 96.4 Å². The molecule has 5 heteroatoms. The molecular weight excluding hydrogens is 206 g/mol. The topological polar surface area (TPSA) is 55.8 Å². The molecule has 0 spiro atoms. The number of carbonyl (C=O) groups excluding carboxylic acids is 1. The minimum Gasteiger partial charge on any atom is -0.395 e. The Balaban J connectivity index is 1.89. The number of piperidine rings is 1. The first-order chi connectivity index (χ1) is 7.70. The Morgan fingerprint density at radius 2 is 2.31 bits per heavy atom. The number of hydrogen-bond donors (Lipinski definition) is 2. The maximum Gasteiger partial charge on any atom is 0.317 e. The molecule has 2 saturated heterocycles. The molecule has 0 aromatic carbocycles. The molecule has 5 nitrogen and oxygen atoms in total. The molecule has 0 aliphatic carbocycles. The van der Waals surface area contributed by atoms with Gasteiger partial charge in [-0.1, -0.05) is 0 Å². The van der Waals surface area contributed by atoms with Crippen LogP contribution in [0.3, 0.4) is 0 Å². The molecule has 2 aliphatic rings. The summed E-state index contributed by atoms with van der Waals surface area (Å²) in [5, 5.41) is 11.9. The van der Waals surface area contributed by atoms with E-state index in [-0.39, 0.29) is 18.7 Å². The van der Waals surface area contributed by atoms with Crippen LogP contribution in [0.4, 0.5) is 4.79 Å². The average Bonchev–Trinajstić information content (AvgIpc) is 2.61. The van der Waals surface area contributed by atoms with E-state index in [9.17, 15) is 4.79 Å². The van der Waals surface area contributed by atoms with E-state index in [0.29, 0.717) is 12.5 Å². The Morgan fingerprint density at radius 3 is 3.00 bits per heavy atom. The summed E-state index contributed by atoms with van der Waals surface area (Å²) in [7, 11) is 2.13. The molecule has 0 bridgehead atoms. The smallest absolute Gasteiger partial charge is 0.317 e. The van der Waals surface area contributed by atoms with Gasteiger partial charge in [0, 0.05) is 19.6 Å². The van der Waals surface area contributed by atoms with Crippen LogP contribution in [0.2, 0.25) is 0 Å². The molecule has 2 rings (SSSR count). The molecule has 0 saturated carbocycles. The van der Waals surface area contributed by atoms with Crippen molar-refractivity contribution >= 4 is 6.03 Å². The van der Waals surface area contributed by atoms with Gasteiger partial charge in [-0.15, -0.1) is 0 Å². The summed E-state index contributed by atoms with van der Waals surface area (Å²) in [5.74, 6) is 0.561. The number of carbonyl (C=O) groups is 1. The Bertz CT molecular complexity index is 260. The first-order valence-corrected chi connectivity index (χ1v) is 6.05. The molecule has 92 valence electrons. The highest BCUT2D eigenvalue weighted by Crippen LogP contribution is 2.22. The molecule has 16 heavy (non-hydrogen) atoms. The summed E-state index contributed by atoms with van der Waals surface area (Å²) in [6.45, 7) is 3.48. The molecule has 2 heterocycles. The summed E-state index contributed by atoms with van der Waals surface area (Å²) in [4.78, 5) is 15.6. The molecule has 2 fully saturated rings. The van der Waals surface area contributed by atoms with Gasteiger partial charge in [-0.2, -0.15) is 0 Å². The van der Waals surface area contributed by atoms with Crippen LogP contribution in [0.5, 0.6) is 0 Å². The lowest BCUT2D eigenvalue weighted by molar-refractivity contribution is 0.175. The number of urea groups is 1. The number of β-amino-alcohol motifs (C(OH)–C–C–N with tert-alkyl or cyclic N) is 1. The van der Waals surface area contributed by atoms with E-state index in [2.05, 4.69) is 17.3 Å². The number of hydrogen-bond acceptors (Lipinski definition) is 3. The van der Waals surface area contributed by atoms with Crippen LogP contribution < -0.4 is 5.32 Å². The summed E-state index contributed by atoms with van der Waals surface area (Å²) in [5.41, 5.74) is 0. The predicted molar refractivity (Wildman–Crippen MR) is 61.2 cm³/mol. The van der Waals surface area contributed by atoms with Gasteiger partial charge in [0.05, 0.1) is 12.6 Å². The summed E-state index contributed by atoms with van der Waals surface area (Å²) < 4.78 is 0. The lowest BCUT2D eigenvalue weighted by atomic mass is 9.91. The molecule has 2 atom stereocenters. The van der Waals surface area contributed by atoms with Crippen LogP contribution >= 0.6 is 0 Å². The van der Waals surface area contributed by atoms with Crippen molar-refractivity contribution in [2.75, 3.05) is 39.8 Å². The van der Waals surface area contributed by atoms with Crippen LogP contribution in [0, 0.1) is 5.92 Å². The lowest BCUT2D eigenvalue weighted by Gasteiger charge is -2.32. The van der Waals surface area contributed by atoms with Gasteiger partial charge >= 0.3 is 6.03 Å². The first-order valence-electron chi connectivity index (χ1n) is 6.05. The number of nitrogens with one attached hydrogen (secondary N) is 1. The van der Waals surface area contributed by atoms with Crippen LogP contribution in [0.15, 0.2) is 0 Å². The van der Waals surface area contributed by atoms with Crippen molar-refractivity contribution < 1.29 is 9.90 Å². The van der Waals surface area contributed by atoms with Gasteiger partial charge in [0.15, 0.2) is 0 Å². The van der Waals surface area contributed by atoms with E-state index in [1.165, 1.54) is 12.8 Å². The maximum atomic E-state index is 11.6. The zero-order valence-electron chi connectivity index (χ0n) is 9.85. The van der Waals surface area contributed by atoms with Crippen LogP contribution in [0.1, 0.15) is 12.8 Å². The van der Waals surface area contributed by atoms with Crippen molar-refractivity contribution in [3.8, 4) is 0 Å². The molecule has 0 aromatic heterocycles. The zero-order chi connectivity index (χ0) is 11.5. The number of amides is 2. The third kappa shape index (κ3) is 2.47. The fraction of sp³-hybridized carbons (Fsp3) is 0.909. The molecule has 2 amide bonds. The second-order valence-corrected chi connectivity index (χ2v) is 4.89. The second-order valence-electron chi connectivity index (χ2n) is 4.89. The van der Waals surface area contributed by atoms with Crippen molar-refractivity contribution in [1.29, 1.82) is 0 Å². The minimum atomic E-state index is -0.0210. The first kappa shape index (κ1) is 11.7. The Morgan fingerprint density at radius 1 is 1.50 bits per heavy atom. The predicted octanol–water partition coefficient (Wildman–Crippen LogP) is -0.286. The van der Waals surface area contributed by atoms with Crippen LogP contribution in [0.25, 0.3) is 0 Å². The SMILES string of the molecule is CN1CCCC(C2CN(CCO)C(=O)N2)C1. The number of likely N-dealkylation sites (tertiary alicyclic amines) is 1. The van der Waals surface area contributed by atoms with E-state index < -0.39 is 0 Å². The third-order valence-electron chi connectivity index (χ3n) is 3.61. The highest BCUT2D eigenvalue weighted by molar-refractivity contribution is 5.76. The Hall–Kier alpha value is -0.810. The van der Waals surface area contributed by atoms with Gasteiger partial charge < -0.3 is 20.2 Å². The van der Waals surface area contributed by atoms with Crippen molar-refractivity contribution in [2.24, 2.45) is 5.92 Å². The van der Waals surface area contributed by atoms with E-state index in [0.717, 1.165) is 19.6 Å². The maximum absolute atomic E-state index is 11.6. The van der Waals surface area contributed by atoms with Gasteiger partial charge in [0.2, 0.25) is 0 Å². The lowest BCUT2D eigenvalue weighted by Crippen LogP contribution is -2.43. The van der Waals surface area contributed by atoms with Gasteiger partial charge in [-0.3, -0.25) is 0 Å². The molecule has 0 aromatic rings. The minimum absolute atomic E-state index is 0.0210. The summed E-state index contributed by atoms with van der Waals surface area (Å²) in [6.07, 6.45) is 2.41. The van der Waals surface area contributed by atoms with Crippen LogP contribution in [-0.4, -0.2) is 66.8 Å². The second kappa shape index (κ2) is 5.01. The van der Waals surface area contributed by atoms with Crippen molar-refractivity contribution in [3.63, 3.8) is 0 Å². The summed E-state index contributed by atoms with van der Waals surface area (Å²) in [6, 6.07) is 0.245. The number of aliphatic hydroxyl groups is 1. The normalized spacial score (nSPS) is 31.9. The van der Waals surface area contributed by atoms with Gasteiger partial charge in [0.25, 0.3) is 0 Å². The quantitative estimate of drug-likeness (QED) is 0.697. The largest absolute Gasteiger partial charge is 0.395 e. The van der Waals surface area contributed by atoms with E-state index >= 15 is 0 Å². The van der Waals surface area contributed by atoms with E-state index in [1.807, 2.05) is 0 Å². The van der Waals surface area contributed by atoms with Crippen molar-refractivity contribution in [2.45, 2.75) is 18.9 Å². The Kier molecular flexibility index (Phi) is 3.66. The van der Waals surface area contributed by atoms with Gasteiger partial charge in [-0.25, -0.2) is 4.79 Å². The highest BCUT2D eigenvalue weighted by atomic mass is 16.3. The van der Waals surface area contributed by atoms with Gasteiger partial charge in [-0.05, 0) is 32.4 Å². The number of rotatable bonds is 3. The van der Waals surface area contributed by atoms with E-state index in [1.54, 1.807) is 4.90 Å². The average molecular weight is 227 g/mol. The third-order valence-corrected chi connectivity index (χ3v) is 3.61. The molecular formula is C11H21N3O2. The molecule has 2 aliphatic heterocycles. The fourth-order valence-corrected chi connectivity index (χ4v) is 2.73. The van der Waals surface area contributed by atoms with E-state index in [4.69, 9.17) is 5.11 Å². The monoisotopic (exact) mass is 227 g/mol. The van der Waals surface area contributed by atoms with Crippen molar-refractivity contribution in [1.82, 2.24) is 15.1 Å². The molecule has 0 radical (unpaired) electrons. The summed E-state index contributed by atoms with van der Waals surface area (Å²) >= 11 is 0. The van der Waals surface area contributed by atoms with Gasteiger partial charge in [0.1, 0.15) is 0 Å². The number of nitrogens with zero attached hydrogens (tertiary/aromatic N) is 2. The molecule has 2 unspecified atom stereocenters.